The number of thiazole rings is 1. The number of benzene rings is 2. The molecule has 0 saturated heterocycles. The molecule has 1 aromatic heterocycles. The second-order valence-electron chi connectivity index (χ2n) is 5.02. The van der Waals surface area contributed by atoms with E-state index in [1.54, 1.807) is 48.0 Å². The molecule has 3 rings (SSSR count). The SMILES string of the molecule is Cn1c(=O)sc2cc(NC(=O)COc3ccc(Br)cc3Cl)ccc21. The Morgan fingerprint density at radius 2 is 2.12 bits per heavy atom. The molecule has 5 nitrogen and oxygen atoms in total. The van der Waals surface area contributed by atoms with Crippen LogP contribution in [0, 0.1) is 0 Å². The lowest BCUT2D eigenvalue weighted by atomic mass is 10.3. The molecule has 124 valence electrons. The maximum Gasteiger partial charge on any atom is 0.307 e. The summed E-state index contributed by atoms with van der Waals surface area (Å²) in [7, 11) is 1.72. The highest BCUT2D eigenvalue weighted by Crippen LogP contribution is 2.27. The number of carbonyl (C=O) groups is 1. The Kier molecular flexibility index (Phi) is 4.93. The third kappa shape index (κ3) is 3.63. The monoisotopic (exact) mass is 426 g/mol. The van der Waals surface area contributed by atoms with E-state index in [2.05, 4.69) is 21.2 Å². The van der Waals surface area contributed by atoms with Gasteiger partial charge in [0.25, 0.3) is 5.91 Å². The lowest BCUT2D eigenvalue weighted by Gasteiger charge is -2.09. The molecule has 0 radical (unpaired) electrons. The first-order chi connectivity index (χ1) is 11.4. The smallest absolute Gasteiger partial charge is 0.307 e. The number of aryl methyl sites for hydroxylation is 1. The van der Waals surface area contributed by atoms with E-state index in [1.165, 1.54) is 0 Å². The van der Waals surface area contributed by atoms with Crippen molar-refractivity contribution in [2.75, 3.05) is 11.9 Å². The summed E-state index contributed by atoms with van der Waals surface area (Å²) >= 11 is 10.5. The zero-order chi connectivity index (χ0) is 17.3. The summed E-state index contributed by atoms with van der Waals surface area (Å²) in [6.45, 7) is -0.162. The molecule has 0 bridgehead atoms. The van der Waals surface area contributed by atoms with Gasteiger partial charge in [-0.15, -0.1) is 0 Å². The number of ether oxygens (including phenoxy) is 1. The fourth-order valence-corrected chi connectivity index (χ4v) is 3.79. The van der Waals surface area contributed by atoms with Crippen molar-refractivity contribution in [1.29, 1.82) is 0 Å². The molecule has 8 heteroatoms. The molecule has 0 spiro atoms. The predicted molar refractivity (Wildman–Crippen MR) is 100 cm³/mol. The highest BCUT2D eigenvalue weighted by Gasteiger charge is 2.09. The van der Waals surface area contributed by atoms with E-state index in [4.69, 9.17) is 16.3 Å². The van der Waals surface area contributed by atoms with Gasteiger partial charge in [-0.05, 0) is 36.4 Å². The van der Waals surface area contributed by atoms with Gasteiger partial charge in [-0.1, -0.05) is 38.9 Å². The quantitative estimate of drug-likeness (QED) is 0.684. The lowest BCUT2D eigenvalue weighted by Crippen LogP contribution is -2.20. The highest BCUT2D eigenvalue weighted by atomic mass is 79.9. The molecular weight excluding hydrogens is 416 g/mol. The number of fused-ring (bicyclic) bond motifs is 1. The zero-order valence-electron chi connectivity index (χ0n) is 12.5. The number of amides is 1. The molecule has 0 atom stereocenters. The van der Waals surface area contributed by atoms with Gasteiger partial charge in [-0.25, -0.2) is 0 Å². The predicted octanol–water partition coefficient (Wildman–Crippen LogP) is 4.03. The van der Waals surface area contributed by atoms with E-state index in [0.717, 1.165) is 26.0 Å². The van der Waals surface area contributed by atoms with E-state index in [9.17, 15) is 9.59 Å². The summed E-state index contributed by atoms with van der Waals surface area (Å²) in [5.41, 5.74) is 1.45. The fourth-order valence-electron chi connectivity index (χ4n) is 2.14. The largest absolute Gasteiger partial charge is 0.482 e. The van der Waals surface area contributed by atoms with Crippen molar-refractivity contribution in [1.82, 2.24) is 4.57 Å². The minimum atomic E-state index is -0.309. The van der Waals surface area contributed by atoms with Gasteiger partial charge in [0, 0.05) is 17.2 Å². The molecule has 0 fully saturated rings. The Labute approximate surface area is 154 Å². The van der Waals surface area contributed by atoms with Crippen LogP contribution in [0.15, 0.2) is 45.7 Å². The summed E-state index contributed by atoms with van der Waals surface area (Å²) in [5.74, 6) is 0.128. The third-order valence-electron chi connectivity index (χ3n) is 3.33. The van der Waals surface area contributed by atoms with E-state index in [-0.39, 0.29) is 17.4 Å². The van der Waals surface area contributed by atoms with Gasteiger partial charge in [0.2, 0.25) is 0 Å². The normalized spacial score (nSPS) is 10.8. The summed E-state index contributed by atoms with van der Waals surface area (Å²) in [5, 5.41) is 3.17. The fraction of sp³-hybridized carbons (Fsp3) is 0.125. The highest BCUT2D eigenvalue weighted by molar-refractivity contribution is 9.10. The van der Waals surface area contributed by atoms with Crippen LogP contribution in [0.2, 0.25) is 5.02 Å². The molecule has 1 N–H and O–H groups in total. The third-order valence-corrected chi connectivity index (χ3v) is 5.11. The van der Waals surface area contributed by atoms with Gasteiger partial charge in [0.05, 0.1) is 15.2 Å². The molecule has 0 aliphatic carbocycles. The van der Waals surface area contributed by atoms with E-state index in [1.807, 2.05) is 0 Å². The van der Waals surface area contributed by atoms with Crippen molar-refractivity contribution in [2.24, 2.45) is 7.05 Å². The molecule has 0 aliphatic heterocycles. The number of hydrogen-bond donors (Lipinski definition) is 1. The number of aromatic nitrogens is 1. The number of carbonyl (C=O) groups excluding carboxylic acids is 1. The summed E-state index contributed by atoms with van der Waals surface area (Å²) in [4.78, 5) is 23.6. The number of halogens is 2. The summed E-state index contributed by atoms with van der Waals surface area (Å²) in [6.07, 6.45) is 0. The second-order valence-corrected chi connectivity index (χ2v) is 7.34. The maximum absolute atomic E-state index is 12.0. The molecule has 0 aliphatic rings. The number of anilines is 1. The van der Waals surface area contributed by atoms with Gasteiger partial charge in [0.1, 0.15) is 5.75 Å². The van der Waals surface area contributed by atoms with Crippen molar-refractivity contribution in [2.45, 2.75) is 0 Å². The van der Waals surface area contributed by atoms with Crippen LogP contribution in [0.25, 0.3) is 10.2 Å². The van der Waals surface area contributed by atoms with Crippen LogP contribution >= 0.6 is 38.9 Å². The number of nitrogens with one attached hydrogen (secondary N) is 1. The van der Waals surface area contributed by atoms with Crippen LogP contribution in [0.1, 0.15) is 0 Å². The molecular formula is C16H12BrClN2O3S. The van der Waals surface area contributed by atoms with E-state index >= 15 is 0 Å². The van der Waals surface area contributed by atoms with Crippen molar-refractivity contribution < 1.29 is 9.53 Å². The van der Waals surface area contributed by atoms with Crippen molar-refractivity contribution in [3.8, 4) is 5.75 Å². The van der Waals surface area contributed by atoms with Crippen LogP contribution in [0.4, 0.5) is 5.69 Å². The molecule has 0 unspecified atom stereocenters. The first kappa shape index (κ1) is 17.0. The first-order valence-electron chi connectivity index (χ1n) is 6.91. The maximum atomic E-state index is 12.0. The Morgan fingerprint density at radius 3 is 2.88 bits per heavy atom. The van der Waals surface area contributed by atoms with Crippen molar-refractivity contribution in [3.05, 3.63) is 55.6 Å². The lowest BCUT2D eigenvalue weighted by molar-refractivity contribution is -0.118. The Hall–Kier alpha value is -1.83. The van der Waals surface area contributed by atoms with Gasteiger partial charge in [0.15, 0.2) is 6.61 Å². The van der Waals surface area contributed by atoms with E-state index in [0.29, 0.717) is 16.5 Å². The molecule has 1 amide bonds. The topological polar surface area (TPSA) is 60.3 Å². The number of hydrogen-bond acceptors (Lipinski definition) is 4. The Balaban J connectivity index is 1.67. The van der Waals surface area contributed by atoms with Crippen LogP contribution in [-0.2, 0) is 11.8 Å². The van der Waals surface area contributed by atoms with Crippen LogP contribution < -0.4 is 14.9 Å². The second kappa shape index (κ2) is 6.96. The standard InChI is InChI=1S/C16H12BrClN2O3S/c1-20-12-4-3-10(7-14(12)24-16(20)22)19-15(21)8-23-13-5-2-9(17)6-11(13)18/h2-7H,8H2,1H3,(H,19,21). The van der Waals surface area contributed by atoms with Gasteiger partial charge < -0.3 is 14.6 Å². The Bertz CT molecular complexity index is 983. The van der Waals surface area contributed by atoms with Crippen molar-refractivity contribution in [3.63, 3.8) is 0 Å². The molecule has 2 aromatic carbocycles. The number of nitrogens with zero attached hydrogens (tertiary/aromatic N) is 1. The summed E-state index contributed by atoms with van der Waals surface area (Å²) in [6, 6.07) is 10.5. The zero-order valence-corrected chi connectivity index (χ0v) is 15.7. The van der Waals surface area contributed by atoms with Gasteiger partial charge in [-0.3, -0.25) is 9.59 Å². The van der Waals surface area contributed by atoms with Crippen LogP contribution in [0.5, 0.6) is 5.75 Å². The minimum Gasteiger partial charge on any atom is -0.482 e. The Morgan fingerprint density at radius 1 is 1.33 bits per heavy atom. The molecule has 1 heterocycles. The summed E-state index contributed by atoms with van der Waals surface area (Å²) < 4.78 is 8.64. The van der Waals surface area contributed by atoms with Gasteiger partial charge >= 0.3 is 4.87 Å². The van der Waals surface area contributed by atoms with Crippen LogP contribution in [-0.4, -0.2) is 17.1 Å². The molecule has 0 saturated carbocycles. The van der Waals surface area contributed by atoms with Gasteiger partial charge in [-0.2, -0.15) is 0 Å². The average Bonchev–Trinajstić information content (AvgIpc) is 2.81. The first-order valence-corrected chi connectivity index (χ1v) is 8.90. The molecule has 3 aromatic rings. The molecule has 24 heavy (non-hydrogen) atoms. The van der Waals surface area contributed by atoms with E-state index < -0.39 is 0 Å². The van der Waals surface area contributed by atoms with Crippen LogP contribution in [0.3, 0.4) is 0 Å². The minimum absolute atomic E-state index is 0.0401. The van der Waals surface area contributed by atoms with Crippen molar-refractivity contribution >= 4 is 60.7 Å². The number of rotatable bonds is 4. The average molecular weight is 428 g/mol.